The van der Waals surface area contributed by atoms with E-state index in [2.05, 4.69) is 48.5 Å². The van der Waals surface area contributed by atoms with Gasteiger partial charge in [0.05, 0.1) is 0 Å². The molecule has 0 heterocycles. The Balaban J connectivity index is 0.000000154. The molecule has 0 radical (unpaired) electrons. The van der Waals surface area contributed by atoms with Crippen LogP contribution in [-0.2, 0) is 4.79 Å². The van der Waals surface area contributed by atoms with E-state index in [-0.39, 0.29) is 6.61 Å². The first kappa shape index (κ1) is 18.4. The van der Waals surface area contributed by atoms with Crippen LogP contribution in [0.5, 0.6) is 0 Å². The second-order valence-electron chi connectivity index (χ2n) is 6.87. The van der Waals surface area contributed by atoms with Crippen molar-refractivity contribution in [3.05, 3.63) is 48.5 Å². The molecule has 1 aliphatic rings. The highest BCUT2D eigenvalue weighted by atomic mass is 16.4. The minimum absolute atomic E-state index is 0.273. The van der Waals surface area contributed by atoms with E-state index in [0.717, 1.165) is 38.5 Å². The monoisotopic (exact) mass is 350 g/mol. The van der Waals surface area contributed by atoms with Crippen LogP contribution in [0, 0.1) is 0 Å². The molecular formula is C23H26O3. The van der Waals surface area contributed by atoms with Crippen LogP contribution in [-0.4, -0.2) is 22.8 Å². The van der Waals surface area contributed by atoms with Gasteiger partial charge in [-0.1, -0.05) is 68.1 Å². The van der Waals surface area contributed by atoms with Crippen LogP contribution in [0.1, 0.15) is 44.9 Å². The summed E-state index contributed by atoms with van der Waals surface area (Å²) < 4.78 is 0. The van der Waals surface area contributed by atoms with Crippen LogP contribution < -0.4 is 0 Å². The Bertz CT molecular complexity index is 898. The summed E-state index contributed by atoms with van der Waals surface area (Å²) in [4.78, 5) is 10.1. The molecule has 3 nitrogen and oxygen atoms in total. The summed E-state index contributed by atoms with van der Waals surface area (Å²) in [6.07, 6.45) is 6.21. The number of hydrogen-bond acceptors (Lipinski definition) is 2. The lowest BCUT2D eigenvalue weighted by molar-refractivity contribution is -0.137. The van der Waals surface area contributed by atoms with Gasteiger partial charge in [-0.2, -0.15) is 0 Å². The van der Waals surface area contributed by atoms with Crippen molar-refractivity contribution in [3.63, 3.8) is 0 Å². The largest absolute Gasteiger partial charge is 0.481 e. The number of rotatable bonds is 8. The Morgan fingerprint density at radius 1 is 0.808 bits per heavy atom. The molecule has 4 rings (SSSR count). The second-order valence-corrected chi connectivity index (χ2v) is 6.87. The number of carboxylic acids is 1. The normalized spacial score (nSPS) is 11.3. The van der Waals surface area contributed by atoms with Crippen molar-refractivity contribution >= 4 is 27.5 Å². The second kappa shape index (κ2) is 8.81. The van der Waals surface area contributed by atoms with Gasteiger partial charge in [-0.05, 0) is 51.6 Å². The summed E-state index contributed by atoms with van der Waals surface area (Å²) >= 11 is 0. The first-order chi connectivity index (χ1) is 12.7. The van der Waals surface area contributed by atoms with Crippen molar-refractivity contribution in [2.45, 2.75) is 44.9 Å². The fourth-order valence-electron chi connectivity index (χ4n) is 3.51. The molecule has 0 atom stereocenters. The number of aliphatic hydroxyl groups excluding tert-OH is 1. The van der Waals surface area contributed by atoms with E-state index in [9.17, 15) is 4.79 Å². The van der Waals surface area contributed by atoms with Crippen LogP contribution in [0.2, 0.25) is 0 Å². The maximum atomic E-state index is 10.1. The maximum Gasteiger partial charge on any atom is 0.303 e. The van der Waals surface area contributed by atoms with E-state index >= 15 is 0 Å². The van der Waals surface area contributed by atoms with Crippen molar-refractivity contribution in [2.24, 2.45) is 0 Å². The lowest BCUT2D eigenvalue weighted by Gasteiger charge is -1.98. The Morgan fingerprint density at radius 3 is 2.27 bits per heavy atom. The molecule has 0 spiro atoms. The minimum atomic E-state index is -0.703. The van der Waals surface area contributed by atoms with Gasteiger partial charge in [-0.3, -0.25) is 4.79 Å². The number of aliphatic hydroxyl groups is 1. The van der Waals surface area contributed by atoms with E-state index in [1.54, 1.807) is 0 Å². The molecule has 0 aromatic heterocycles. The zero-order valence-electron chi connectivity index (χ0n) is 15.1. The zero-order chi connectivity index (χ0) is 18.4. The minimum Gasteiger partial charge on any atom is -0.481 e. The summed E-state index contributed by atoms with van der Waals surface area (Å²) in [6.45, 7) is 0.273. The molecule has 0 bridgehead atoms. The highest BCUT2D eigenvalue weighted by Gasteiger charge is 2.23. The summed E-state index contributed by atoms with van der Waals surface area (Å²) in [7, 11) is 0. The average molecular weight is 350 g/mol. The van der Waals surface area contributed by atoms with Gasteiger partial charge in [0.15, 0.2) is 0 Å². The van der Waals surface area contributed by atoms with Crippen LogP contribution in [0.3, 0.4) is 0 Å². The van der Waals surface area contributed by atoms with Crippen LogP contribution in [0.15, 0.2) is 48.5 Å². The van der Waals surface area contributed by atoms with Gasteiger partial charge < -0.3 is 10.2 Å². The van der Waals surface area contributed by atoms with E-state index in [4.69, 9.17) is 10.2 Å². The SMILES string of the molecule is O=C(O)CCCCCCCCO.c1ccc2c3c4c-3cccc4cc2c1. The van der Waals surface area contributed by atoms with Gasteiger partial charge in [-0.25, -0.2) is 0 Å². The Labute approximate surface area is 154 Å². The maximum absolute atomic E-state index is 10.1. The molecule has 0 fully saturated rings. The molecule has 0 amide bonds. The van der Waals surface area contributed by atoms with Gasteiger partial charge in [0.1, 0.15) is 0 Å². The highest BCUT2D eigenvalue weighted by molar-refractivity contribution is 6.29. The Kier molecular flexibility index (Phi) is 6.24. The molecule has 0 aliphatic heterocycles. The van der Waals surface area contributed by atoms with E-state index in [1.165, 1.54) is 32.7 Å². The molecule has 3 aromatic rings. The van der Waals surface area contributed by atoms with Crippen molar-refractivity contribution in [2.75, 3.05) is 6.61 Å². The summed E-state index contributed by atoms with van der Waals surface area (Å²) in [5.41, 5.74) is 2.92. The van der Waals surface area contributed by atoms with E-state index < -0.39 is 5.97 Å². The molecule has 0 saturated heterocycles. The van der Waals surface area contributed by atoms with Crippen molar-refractivity contribution in [1.29, 1.82) is 0 Å². The van der Waals surface area contributed by atoms with E-state index in [1.807, 2.05) is 0 Å². The average Bonchev–Trinajstić information content (AvgIpc) is 3.38. The summed E-state index contributed by atoms with van der Waals surface area (Å²) in [6, 6.07) is 17.5. The molecule has 1 aliphatic carbocycles. The van der Waals surface area contributed by atoms with Crippen LogP contribution in [0.25, 0.3) is 32.7 Å². The fraction of sp³-hybridized carbons (Fsp3) is 0.348. The number of aliphatic carboxylic acids is 1. The molecule has 3 aromatic carbocycles. The standard InChI is InChI=1S/C14H8.C9H18O3/c1-2-6-11-9(4-1)8-10-5-3-7-12-13(10)14(11)12;10-8-6-4-2-1-3-5-7-9(11)12/h1-8H;10H,1-8H2,(H,11,12). The van der Waals surface area contributed by atoms with Gasteiger partial charge in [-0.15, -0.1) is 0 Å². The summed E-state index contributed by atoms with van der Waals surface area (Å²) in [5.74, 6) is -0.703. The predicted molar refractivity (Wildman–Crippen MR) is 107 cm³/mol. The third-order valence-electron chi connectivity index (χ3n) is 4.89. The van der Waals surface area contributed by atoms with Gasteiger partial charge in [0.25, 0.3) is 0 Å². The third-order valence-corrected chi connectivity index (χ3v) is 4.89. The molecule has 26 heavy (non-hydrogen) atoms. The quantitative estimate of drug-likeness (QED) is 0.313. The number of carbonyl (C=O) groups is 1. The Hall–Kier alpha value is -2.39. The third kappa shape index (κ3) is 4.41. The molecule has 2 N–H and O–H groups in total. The highest BCUT2D eigenvalue weighted by Crippen LogP contribution is 2.51. The van der Waals surface area contributed by atoms with Crippen LogP contribution >= 0.6 is 0 Å². The van der Waals surface area contributed by atoms with Gasteiger partial charge in [0, 0.05) is 13.0 Å². The zero-order valence-corrected chi connectivity index (χ0v) is 15.1. The lowest BCUT2D eigenvalue weighted by atomic mass is 10.1. The molecule has 3 heteroatoms. The van der Waals surface area contributed by atoms with Gasteiger partial charge >= 0.3 is 5.97 Å². The van der Waals surface area contributed by atoms with E-state index in [0.29, 0.717) is 6.42 Å². The topological polar surface area (TPSA) is 57.5 Å². The van der Waals surface area contributed by atoms with Crippen molar-refractivity contribution < 1.29 is 15.0 Å². The van der Waals surface area contributed by atoms with Crippen molar-refractivity contribution in [1.82, 2.24) is 0 Å². The first-order valence-electron chi connectivity index (χ1n) is 9.50. The predicted octanol–water partition coefficient (Wildman–Crippen LogP) is 5.77. The molecule has 0 unspecified atom stereocenters. The molecule has 136 valence electrons. The number of hydrogen-bond donors (Lipinski definition) is 2. The Morgan fingerprint density at radius 2 is 1.50 bits per heavy atom. The van der Waals surface area contributed by atoms with Crippen LogP contribution in [0.4, 0.5) is 0 Å². The first-order valence-corrected chi connectivity index (χ1v) is 9.50. The number of benzene rings is 3. The van der Waals surface area contributed by atoms with Gasteiger partial charge in [0.2, 0.25) is 0 Å². The number of fused-ring (bicyclic) bond motifs is 3. The number of unbranched alkanes of at least 4 members (excludes halogenated alkanes) is 5. The smallest absolute Gasteiger partial charge is 0.303 e. The fourth-order valence-corrected chi connectivity index (χ4v) is 3.51. The molecule has 0 saturated carbocycles. The van der Waals surface area contributed by atoms with Crippen molar-refractivity contribution in [3.8, 4) is 11.1 Å². The lowest BCUT2D eigenvalue weighted by Crippen LogP contribution is -1.93. The number of carboxylic acid groups (broad SMARTS) is 1. The summed E-state index contributed by atoms with van der Waals surface area (Å²) in [5, 5.41) is 22.4. The molecular weight excluding hydrogens is 324 g/mol.